The Bertz CT molecular complexity index is 196. The van der Waals surface area contributed by atoms with Crippen molar-refractivity contribution in [2.24, 2.45) is 0 Å². The molecular weight excluding hydrogens is 232 g/mol. The zero-order chi connectivity index (χ0) is 14.2. The molecule has 0 spiro atoms. The molecule has 0 atom stereocenters. The van der Waals surface area contributed by atoms with E-state index in [0.29, 0.717) is 5.76 Å². The number of unbranched alkanes of at least 4 members (excludes halogenated alkanes) is 12. The molecule has 0 saturated carbocycles. The van der Waals surface area contributed by atoms with E-state index in [2.05, 4.69) is 6.92 Å². The molecule has 1 heteroatoms. The summed E-state index contributed by atoms with van der Waals surface area (Å²) in [6.45, 7) is 4.18. The van der Waals surface area contributed by atoms with Gasteiger partial charge in [0.2, 0.25) is 0 Å². The predicted octanol–water partition coefficient (Wildman–Crippen LogP) is 6.93. The van der Waals surface area contributed by atoms with Gasteiger partial charge in [0.1, 0.15) is 0 Å². The lowest BCUT2D eigenvalue weighted by atomic mass is 10.0. The Balaban J connectivity index is 2.99. The molecule has 0 bridgehead atoms. The van der Waals surface area contributed by atoms with Gasteiger partial charge in [0.25, 0.3) is 0 Å². The van der Waals surface area contributed by atoms with E-state index in [1.807, 2.05) is 6.92 Å². The van der Waals surface area contributed by atoms with Crippen LogP contribution in [-0.4, -0.2) is 5.11 Å². The highest BCUT2D eigenvalue weighted by molar-refractivity contribution is 4.86. The lowest BCUT2D eigenvalue weighted by molar-refractivity contribution is 0.379. The molecule has 0 aromatic rings. The quantitative estimate of drug-likeness (QED) is 0.267. The van der Waals surface area contributed by atoms with E-state index in [-0.39, 0.29) is 0 Å². The first-order valence-corrected chi connectivity index (χ1v) is 8.65. The van der Waals surface area contributed by atoms with Crippen molar-refractivity contribution in [1.82, 2.24) is 0 Å². The topological polar surface area (TPSA) is 20.2 Å². The van der Waals surface area contributed by atoms with Crippen molar-refractivity contribution in [2.75, 3.05) is 0 Å². The van der Waals surface area contributed by atoms with E-state index < -0.39 is 0 Å². The molecule has 0 aliphatic carbocycles. The van der Waals surface area contributed by atoms with Crippen LogP contribution in [-0.2, 0) is 0 Å². The summed E-state index contributed by atoms with van der Waals surface area (Å²) in [4.78, 5) is 0. The van der Waals surface area contributed by atoms with Gasteiger partial charge >= 0.3 is 0 Å². The number of aliphatic hydroxyl groups is 1. The maximum absolute atomic E-state index is 9.30. The average molecular weight is 268 g/mol. The van der Waals surface area contributed by atoms with Gasteiger partial charge in [-0.3, -0.25) is 0 Å². The van der Waals surface area contributed by atoms with E-state index in [0.717, 1.165) is 12.8 Å². The van der Waals surface area contributed by atoms with Gasteiger partial charge < -0.3 is 5.11 Å². The maximum atomic E-state index is 9.30. The third-order valence-electron chi connectivity index (χ3n) is 3.87. The van der Waals surface area contributed by atoms with E-state index in [4.69, 9.17) is 0 Å². The molecule has 0 saturated heterocycles. The van der Waals surface area contributed by atoms with Gasteiger partial charge in [-0.25, -0.2) is 0 Å². The summed E-state index contributed by atoms with van der Waals surface area (Å²) >= 11 is 0. The SMILES string of the molecule is CC=C(O)CCCCCCCCCCCCCCC. The second-order valence-corrected chi connectivity index (χ2v) is 5.77. The molecule has 0 aliphatic rings. The highest BCUT2D eigenvalue weighted by Crippen LogP contribution is 2.13. The van der Waals surface area contributed by atoms with Crippen LogP contribution in [0.4, 0.5) is 0 Å². The minimum absolute atomic E-state index is 0.558. The third-order valence-corrected chi connectivity index (χ3v) is 3.87. The van der Waals surface area contributed by atoms with E-state index in [1.165, 1.54) is 77.0 Å². The van der Waals surface area contributed by atoms with Crippen molar-refractivity contribution in [3.05, 3.63) is 11.8 Å². The van der Waals surface area contributed by atoms with Crippen LogP contribution in [0, 0.1) is 0 Å². The first kappa shape index (κ1) is 18.5. The summed E-state index contributed by atoms with van der Waals surface area (Å²) in [6, 6.07) is 0. The van der Waals surface area contributed by atoms with E-state index >= 15 is 0 Å². The van der Waals surface area contributed by atoms with Crippen molar-refractivity contribution in [3.8, 4) is 0 Å². The molecule has 114 valence electrons. The van der Waals surface area contributed by atoms with Crippen LogP contribution >= 0.6 is 0 Å². The zero-order valence-electron chi connectivity index (χ0n) is 13.4. The fraction of sp³-hybridized carbons (Fsp3) is 0.889. The van der Waals surface area contributed by atoms with Crippen LogP contribution in [0.1, 0.15) is 104 Å². The molecule has 19 heavy (non-hydrogen) atoms. The van der Waals surface area contributed by atoms with Crippen LogP contribution in [0.3, 0.4) is 0 Å². The van der Waals surface area contributed by atoms with Crippen molar-refractivity contribution < 1.29 is 5.11 Å². The minimum atomic E-state index is 0.558. The largest absolute Gasteiger partial charge is 0.513 e. The van der Waals surface area contributed by atoms with Gasteiger partial charge in [-0.05, 0) is 19.4 Å². The molecular formula is C18H36O. The summed E-state index contributed by atoms with van der Waals surface area (Å²) in [5.41, 5.74) is 0. The van der Waals surface area contributed by atoms with Crippen molar-refractivity contribution in [2.45, 2.75) is 104 Å². The number of rotatable bonds is 14. The summed E-state index contributed by atoms with van der Waals surface area (Å²) < 4.78 is 0. The standard InChI is InChI=1S/C18H36O/c1-3-5-6-7-8-9-10-11-12-13-14-15-16-17-18(19)4-2/h4,19H,3,5-17H2,1-2H3. The Labute approximate surface area is 121 Å². The monoisotopic (exact) mass is 268 g/mol. The van der Waals surface area contributed by atoms with Gasteiger partial charge in [0, 0.05) is 6.42 Å². The Morgan fingerprint density at radius 2 is 1.05 bits per heavy atom. The van der Waals surface area contributed by atoms with E-state index in [1.54, 1.807) is 6.08 Å². The molecule has 0 aromatic carbocycles. The van der Waals surface area contributed by atoms with E-state index in [9.17, 15) is 5.11 Å². The fourth-order valence-corrected chi connectivity index (χ4v) is 2.47. The Morgan fingerprint density at radius 1 is 0.684 bits per heavy atom. The summed E-state index contributed by atoms with van der Waals surface area (Å²) in [5, 5.41) is 9.30. The number of hydrogen-bond acceptors (Lipinski definition) is 1. The lowest BCUT2D eigenvalue weighted by Gasteiger charge is -2.03. The number of hydrogen-bond donors (Lipinski definition) is 1. The second-order valence-electron chi connectivity index (χ2n) is 5.77. The highest BCUT2D eigenvalue weighted by atomic mass is 16.3. The lowest BCUT2D eigenvalue weighted by Crippen LogP contribution is -1.84. The molecule has 0 unspecified atom stereocenters. The van der Waals surface area contributed by atoms with Gasteiger partial charge in [0.15, 0.2) is 0 Å². The summed E-state index contributed by atoms with van der Waals surface area (Å²) in [5.74, 6) is 0.558. The highest BCUT2D eigenvalue weighted by Gasteiger charge is 1.95. The molecule has 0 heterocycles. The number of allylic oxidation sites excluding steroid dienone is 2. The first-order chi connectivity index (χ1) is 9.31. The first-order valence-electron chi connectivity index (χ1n) is 8.65. The van der Waals surface area contributed by atoms with Gasteiger partial charge in [-0.15, -0.1) is 0 Å². The van der Waals surface area contributed by atoms with Crippen molar-refractivity contribution in [1.29, 1.82) is 0 Å². The van der Waals surface area contributed by atoms with Gasteiger partial charge in [-0.1, -0.05) is 84.0 Å². The molecule has 1 N–H and O–H groups in total. The van der Waals surface area contributed by atoms with Crippen LogP contribution in [0.2, 0.25) is 0 Å². The second kappa shape index (κ2) is 15.6. The average Bonchev–Trinajstić information content (AvgIpc) is 2.43. The smallest absolute Gasteiger partial charge is 0.0880 e. The van der Waals surface area contributed by atoms with Crippen LogP contribution in [0.25, 0.3) is 0 Å². The van der Waals surface area contributed by atoms with Crippen molar-refractivity contribution >= 4 is 0 Å². The Kier molecular flexibility index (Phi) is 15.2. The van der Waals surface area contributed by atoms with Crippen molar-refractivity contribution in [3.63, 3.8) is 0 Å². The molecule has 0 aliphatic heterocycles. The molecule has 0 fully saturated rings. The zero-order valence-corrected chi connectivity index (χ0v) is 13.4. The fourth-order valence-electron chi connectivity index (χ4n) is 2.47. The Morgan fingerprint density at radius 3 is 1.42 bits per heavy atom. The maximum Gasteiger partial charge on any atom is 0.0880 e. The third kappa shape index (κ3) is 15.5. The van der Waals surface area contributed by atoms with Gasteiger partial charge in [0.05, 0.1) is 5.76 Å². The molecule has 0 aromatic heterocycles. The van der Waals surface area contributed by atoms with Crippen LogP contribution < -0.4 is 0 Å². The predicted molar refractivity (Wildman–Crippen MR) is 86.7 cm³/mol. The Hall–Kier alpha value is -0.460. The van der Waals surface area contributed by atoms with Crippen LogP contribution in [0.5, 0.6) is 0 Å². The van der Waals surface area contributed by atoms with Crippen LogP contribution in [0.15, 0.2) is 11.8 Å². The van der Waals surface area contributed by atoms with Gasteiger partial charge in [-0.2, -0.15) is 0 Å². The minimum Gasteiger partial charge on any atom is -0.513 e. The molecule has 1 nitrogen and oxygen atoms in total. The molecule has 0 radical (unpaired) electrons. The summed E-state index contributed by atoms with van der Waals surface area (Å²) in [6.07, 6.45) is 20.6. The normalized spacial score (nSPS) is 12.0. The summed E-state index contributed by atoms with van der Waals surface area (Å²) in [7, 11) is 0. The number of aliphatic hydroxyl groups excluding tert-OH is 1. The molecule has 0 rings (SSSR count). The molecule has 0 amide bonds.